The fraction of sp³-hybridized carbons (Fsp3) is 0.316. The van der Waals surface area contributed by atoms with Gasteiger partial charge in [-0.25, -0.2) is 4.98 Å². The predicted molar refractivity (Wildman–Crippen MR) is 109 cm³/mol. The van der Waals surface area contributed by atoms with Gasteiger partial charge in [0, 0.05) is 12.2 Å². The highest BCUT2D eigenvalue weighted by atomic mass is 32.2. The van der Waals surface area contributed by atoms with E-state index in [1.165, 1.54) is 23.1 Å². The van der Waals surface area contributed by atoms with Crippen molar-refractivity contribution in [2.75, 3.05) is 5.32 Å². The fourth-order valence-electron chi connectivity index (χ4n) is 2.61. The smallest absolute Gasteiger partial charge is 0.272 e. The summed E-state index contributed by atoms with van der Waals surface area (Å²) in [6.45, 7) is 8.22. The van der Waals surface area contributed by atoms with Crippen molar-refractivity contribution in [2.24, 2.45) is 0 Å². The molecule has 1 aromatic carbocycles. The summed E-state index contributed by atoms with van der Waals surface area (Å²) >= 11 is 2.71. The van der Waals surface area contributed by atoms with Crippen molar-refractivity contribution >= 4 is 44.9 Å². The zero-order valence-electron chi connectivity index (χ0n) is 15.2. The number of thiophene rings is 1. The predicted octanol–water partition coefficient (Wildman–Crippen LogP) is 4.21. The van der Waals surface area contributed by atoms with Crippen molar-refractivity contribution < 1.29 is 4.79 Å². The molecule has 0 radical (unpaired) electrons. The van der Waals surface area contributed by atoms with Crippen LogP contribution in [0.2, 0.25) is 0 Å². The molecule has 3 aromatic rings. The third-order valence-electron chi connectivity index (χ3n) is 4.15. The Morgan fingerprint density at radius 1 is 1.35 bits per heavy atom. The van der Waals surface area contributed by atoms with Crippen LogP contribution in [0.25, 0.3) is 10.2 Å². The molecule has 136 valence electrons. The second-order valence-electron chi connectivity index (χ2n) is 6.15. The van der Waals surface area contributed by atoms with Crippen molar-refractivity contribution in [1.82, 2.24) is 9.55 Å². The number of anilines is 1. The number of carbonyl (C=O) groups is 1. The maximum Gasteiger partial charge on any atom is 0.272 e. The number of nitrogens with zero attached hydrogens (tertiary/aromatic N) is 2. The lowest BCUT2D eigenvalue weighted by Crippen LogP contribution is -2.26. The lowest BCUT2D eigenvalue weighted by atomic mass is 10.1. The van der Waals surface area contributed by atoms with Crippen LogP contribution in [0.15, 0.2) is 39.6 Å². The van der Waals surface area contributed by atoms with Crippen LogP contribution in [-0.2, 0) is 11.3 Å². The number of aromatic nitrogens is 2. The summed E-state index contributed by atoms with van der Waals surface area (Å²) < 4.78 is 2.29. The largest absolute Gasteiger partial charge is 0.325 e. The molecule has 2 heterocycles. The minimum atomic E-state index is -0.379. The van der Waals surface area contributed by atoms with Crippen molar-refractivity contribution in [3.63, 3.8) is 0 Å². The monoisotopic (exact) mass is 387 g/mol. The van der Waals surface area contributed by atoms with E-state index in [4.69, 9.17) is 0 Å². The molecule has 0 bridgehead atoms. The summed E-state index contributed by atoms with van der Waals surface area (Å²) in [5, 5.41) is 5.04. The molecule has 0 aliphatic heterocycles. The van der Waals surface area contributed by atoms with Crippen LogP contribution >= 0.6 is 23.1 Å². The van der Waals surface area contributed by atoms with Gasteiger partial charge in [0.15, 0.2) is 5.16 Å². The zero-order valence-corrected chi connectivity index (χ0v) is 16.8. The van der Waals surface area contributed by atoms with Crippen LogP contribution in [-0.4, -0.2) is 20.7 Å². The molecule has 1 atom stereocenters. The highest BCUT2D eigenvalue weighted by molar-refractivity contribution is 8.00. The molecule has 0 spiro atoms. The Balaban J connectivity index is 1.84. The van der Waals surface area contributed by atoms with E-state index in [-0.39, 0.29) is 16.7 Å². The van der Waals surface area contributed by atoms with Gasteiger partial charge in [-0.15, -0.1) is 11.3 Å². The van der Waals surface area contributed by atoms with Gasteiger partial charge in [-0.2, -0.15) is 0 Å². The molecule has 0 aliphatic carbocycles. The summed E-state index contributed by atoms with van der Waals surface area (Å²) in [7, 11) is 0. The van der Waals surface area contributed by atoms with Gasteiger partial charge < -0.3 is 5.32 Å². The Hall–Kier alpha value is -2.12. The van der Waals surface area contributed by atoms with Gasteiger partial charge in [-0.3, -0.25) is 14.2 Å². The van der Waals surface area contributed by atoms with Gasteiger partial charge in [0.05, 0.1) is 10.8 Å². The Kier molecular flexibility index (Phi) is 5.48. The number of amides is 1. The van der Waals surface area contributed by atoms with Gasteiger partial charge in [0.1, 0.15) is 4.70 Å². The summed E-state index contributed by atoms with van der Waals surface area (Å²) in [5.41, 5.74) is 3.57. The van der Waals surface area contributed by atoms with Crippen molar-refractivity contribution in [3.8, 4) is 0 Å². The summed E-state index contributed by atoms with van der Waals surface area (Å²) in [4.78, 5) is 29.8. The molecule has 1 amide bonds. The second-order valence-corrected chi connectivity index (χ2v) is 8.37. The van der Waals surface area contributed by atoms with Crippen LogP contribution in [0.3, 0.4) is 0 Å². The van der Waals surface area contributed by atoms with E-state index in [0.717, 1.165) is 16.8 Å². The quantitative estimate of drug-likeness (QED) is 0.526. The number of benzene rings is 1. The fourth-order valence-corrected chi connectivity index (χ4v) is 4.36. The lowest BCUT2D eigenvalue weighted by Gasteiger charge is -2.16. The van der Waals surface area contributed by atoms with Crippen molar-refractivity contribution in [2.45, 2.75) is 44.6 Å². The molecule has 1 N–H and O–H groups in total. The van der Waals surface area contributed by atoms with Crippen LogP contribution < -0.4 is 10.9 Å². The first-order chi connectivity index (χ1) is 12.4. The second kappa shape index (κ2) is 7.63. The Morgan fingerprint density at radius 3 is 2.85 bits per heavy atom. The Bertz CT molecular complexity index is 1020. The van der Waals surface area contributed by atoms with E-state index in [0.29, 0.717) is 21.9 Å². The molecule has 0 saturated carbocycles. The van der Waals surface area contributed by atoms with Gasteiger partial charge in [-0.05, 0) is 56.3 Å². The normalized spacial score (nSPS) is 12.3. The standard InChI is InChI=1S/C19H21N3O2S2/c1-5-22-18(24)16-14(8-9-25-16)21-19(22)26-13(4)17(23)20-15-10-11(2)6-7-12(15)3/h6-10,13H,5H2,1-4H3,(H,20,23). The van der Waals surface area contributed by atoms with Gasteiger partial charge in [-0.1, -0.05) is 23.9 Å². The number of aryl methyl sites for hydroxylation is 2. The molecule has 0 fully saturated rings. The van der Waals surface area contributed by atoms with E-state index in [1.54, 1.807) is 4.57 Å². The average molecular weight is 388 g/mol. The zero-order chi connectivity index (χ0) is 18.8. The molecular formula is C19H21N3O2S2. The van der Waals surface area contributed by atoms with E-state index in [2.05, 4.69) is 10.3 Å². The number of fused-ring (bicyclic) bond motifs is 1. The number of thioether (sulfide) groups is 1. The average Bonchev–Trinajstić information content (AvgIpc) is 3.07. The van der Waals surface area contributed by atoms with Crippen molar-refractivity contribution in [1.29, 1.82) is 0 Å². The Labute approximate surface area is 160 Å². The molecule has 2 aromatic heterocycles. The molecular weight excluding hydrogens is 366 g/mol. The van der Waals surface area contributed by atoms with Crippen LogP contribution in [0, 0.1) is 13.8 Å². The minimum Gasteiger partial charge on any atom is -0.325 e. The first kappa shape index (κ1) is 18.7. The first-order valence-corrected chi connectivity index (χ1v) is 10.2. The number of nitrogens with one attached hydrogen (secondary N) is 1. The van der Waals surface area contributed by atoms with Crippen LogP contribution in [0.1, 0.15) is 25.0 Å². The molecule has 0 aliphatic rings. The number of rotatable bonds is 5. The Morgan fingerprint density at radius 2 is 2.12 bits per heavy atom. The van der Waals surface area contributed by atoms with Gasteiger partial charge >= 0.3 is 0 Å². The van der Waals surface area contributed by atoms with Gasteiger partial charge in [0.25, 0.3) is 5.56 Å². The topological polar surface area (TPSA) is 64.0 Å². The van der Waals surface area contributed by atoms with Crippen LogP contribution in [0.4, 0.5) is 5.69 Å². The summed E-state index contributed by atoms with van der Waals surface area (Å²) in [5.74, 6) is -0.106. The van der Waals surface area contributed by atoms with E-state index >= 15 is 0 Å². The third kappa shape index (κ3) is 3.68. The maximum atomic E-state index is 12.6. The molecule has 0 saturated heterocycles. The summed E-state index contributed by atoms with van der Waals surface area (Å²) in [6.07, 6.45) is 0. The number of hydrogen-bond acceptors (Lipinski definition) is 5. The van der Waals surface area contributed by atoms with E-state index in [9.17, 15) is 9.59 Å². The highest BCUT2D eigenvalue weighted by Crippen LogP contribution is 2.25. The molecule has 5 nitrogen and oxygen atoms in total. The SMILES string of the molecule is CCn1c(SC(C)C(=O)Nc2cc(C)ccc2C)nc2ccsc2c1=O. The molecule has 3 rings (SSSR count). The number of carbonyl (C=O) groups excluding carboxylic acids is 1. The maximum absolute atomic E-state index is 12.6. The van der Waals surface area contributed by atoms with Crippen molar-refractivity contribution in [3.05, 3.63) is 51.1 Å². The lowest BCUT2D eigenvalue weighted by molar-refractivity contribution is -0.115. The van der Waals surface area contributed by atoms with E-state index < -0.39 is 0 Å². The number of hydrogen-bond donors (Lipinski definition) is 1. The van der Waals surface area contributed by atoms with Crippen LogP contribution in [0.5, 0.6) is 0 Å². The summed E-state index contributed by atoms with van der Waals surface area (Å²) in [6, 6.07) is 7.81. The van der Waals surface area contributed by atoms with Gasteiger partial charge in [0.2, 0.25) is 5.91 Å². The minimum absolute atomic E-state index is 0.0443. The van der Waals surface area contributed by atoms with E-state index in [1.807, 2.05) is 57.3 Å². The first-order valence-electron chi connectivity index (χ1n) is 8.43. The third-order valence-corrected chi connectivity index (χ3v) is 6.13. The molecule has 7 heteroatoms. The molecule has 26 heavy (non-hydrogen) atoms. The highest BCUT2D eigenvalue weighted by Gasteiger charge is 2.20. The molecule has 1 unspecified atom stereocenters.